The van der Waals surface area contributed by atoms with E-state index >= 15 is 0 Å². The lowest BCUT2D eigenvalue weighted by Gasteiger charge is -2.05. The summed E-state index contributed by atoms with van der Waals surface area (Å²) in [6.07, 6.45) is 0. The molecule has 5 heteroatoms. The highest BCUT2D eigenvalue weighted by Crippen LogP contribution is 2.21. The zero-order chi connectivity index (χ0) is 10.8. The molecule has 0 aliphatic heterocycles. The quantitative estimate of drug-likeness (QED) is 0.902. The summed E-state index contributed by atoms with van der Waals surface area (Å²) in [6, 6.07) is 7.87. The third-order valence-electron chi connectivity index (χ3n) is 2.26. The van der Waals surface area contributed by atoms with Gasteiger partial charge in [-0.3, -0.25) is 0 Å². The van der Waals surface area contributed by atoms with Gasteiger partial charge in [0.05, 0.1) is 17.1 Å². The molecule has 4 nitrogen and oxygen atoms in total. The Bertz CT molecular complexity index is 478. The van der Waals surface area contributed by atoms with Crippen molar-refractivity contribution >= 4 is 15.9 Å². The van der Waals surface area contributed by atoms with Crippen LogP contribution in [0.4, 0.5) is 0 Å². The van der Waals surface area contributed by atoms with Crippen LogP contribution < -0.4 is 5.73 Å². The summed E-state index contributed by atoms with van der Waals surface area (Å²) in [5, 5.41) is 8.09. The summed E-state index contributed by atoms with van der Waals surface area (Å²) in [4.78, 5) is 0. The molecule has 2 aromatic rings. The number of rotatable bonds is 2. The number of halogens is 1. The van der Waals surface area contributed by atoms with Gasteiger partial charge in [-0.2, -0.15) is 0 Å². The molecule has 15 heavy (non-hydrogen) atoms. The number of para-hydroxylation sites is 1. The largest absolute Gasteiger partial charge is 0.325 e. The first kappa shape index (κ1) is 10.3. The topological polar surface area (TPSA) is 56.7 Å². The molecule has 0 saturated carbocycles. The van der Waals surface area contributed by atoms with E-state index in [-0.39, 0.29) is 0 Å². The lowest BCUT2D eigenvalue weighted by atomic mass is 10.3. The molecule has 0 amide bonds. The maximum Gasteiger partial charge on any atom is 0.0996 e. The van der Waals surface area contributed by atoms with Gasteiger partial charge in [-0.1, -0.05) is 17.3 Å². The van der Waals surface area contributed by atoms with Gasteiger partial charge < -0.3 is 5.73 Å². The fourth-order valence-electron chi connectivity index (χ4n) is 1.40. The maximum atomic E-state index is 5.55. The van der Waals surface area contributed by atoms with Crippen molar-refractivity contribution in [2.24, 2.45) is 5.73 Å². The molecule has 0 bridgehead atoms. The highest BCUT2D eigenvalue weighted by molar-refractivity contribution is 9.10. The normalized spacial score (nSPS) is 10.6. The minimum Gasteiger partial charge on any atom is -0.325 e. The standard InChI is InChI=1S/C10H11BrN4/c1-7-9(6-12)13-14-15(7)10-5-3-2-4-8(10)11/h2-5H,6,12H2,1H3. The first-order chi connectivity index (χ1) is 7.24. The Labute approximate surface area is 96.2 Å². The van der Waals surface area contributed by atoms with Crippen LogP contribution in [0, 0.1) is 6.92 Å². The van der Waals surface area contributed by atoms with Crippen molar-refractivity contribution in [3.05, 3.63) is 40.1 Å². The van der Waals surface area contributed by atoms with E-state index in [9.17, 15) is 0 Å². The lowest BCUT2D eigenvalue weighted by molar-refractivity contribution is 0.780. The molecule has 0 radical (unpaired) electrons. The molecule has 0 spiro atoms. The molecule has 1 aromatic heterocycles. The second-order valence-electron chi connectivity index (χ2n) is 3.19. The number of nitrogens with two attached hydrogens (primary N) is 1. The van der Waals surface area contributed by atoms with Crippen molar-refractivity contribution in [1.29, 1.82) is 0 Å². The Balaban J connectivity index is 2.55. The molecule has 0 saturated heterocycles. The van der Waals surface area contributed by atoms with Crippen molar-refractivity contribution in [2.75, 3.05) is 0 Å². The van der Waals surface area contributed by atoms with E-state index in [1.807, 2.05) is 31.2 Å². The van der Waals surface area contributed by atoms with Crippen LogP contribution in [0.3, 0.4) is 0 Å². The second-order valence-corrected chi connectivity index (χ2v) is 4.04. The summed E-state index contributed by atoms with van der Waals surface area (Å²) in [5.41, 5.74) is 8.33. The summed E-state index contributed by atoms with van der Waals surface area (Å²) in [6.45, 7) is 2.37. The monoisotopic (exact) mass is 266 g/mol. The van der Waals surface area contributed by atoms with Crippen molar-refractivity contribution in [3.8, 4) is 5.69 Å². The van der Waals surface area contributed by atoms with Gasteiger partial charge in [0.2, 0.25) is 0 Å². The number of benzene rings is 1. The zero-order valence-corrected chi connectivity index (χ0v) is 9.90. The Hall–Kier alpha value is -1.20. The van der Waals surface area contributed by atoms with Crippen molar-refractivity contribution in [2.45, 2.75) is 13.5 Å². The fourth-order valence-corrected chi connectivity index (χ4v) is 1.85. The molecular formula is C10H11BrN4. The maximum absolute atomic E-state index is 5.55. The van der Waals surface area contributed by atoms with Crippen LogP contribution in [0.1, 0.15) is 11.4 Å². The number of nitrogens with zero attached hydrogens (tertiary/aromatic N) is 3. The van der Waals surface area contributed by atoms with E-state index in [0.717, 1.165) is 21.5 Å². The van der Waals surface area contributed by atoms with Crippen LogP contribution in [0.5, 0.6) is 0 Å². The molecule has 0 unspecified atom stereocenters. The number of hydrogen-bond acceptors (Lipinski definition) is 3. The average Bonchev–Trinajstić information content (AvgIpc) is 2.60. The molecule has 78 valence electrons. The Morgan fingerprint density at radius 3 is 2.73 bits per heavy atom. The summed E-state index contributed by atoms with van der Waals surface area (Å²) >= 11 is 3.48. The predicted molar refractivity (Wildman–Crippen MR) is 61.7 cm³/mol. The third kappa shape index (κ3) is 1.80. The summed E-state index contributed by atoms with van der Waals surface area (Å²) in [5.74, 6) is 0. The highest BCUT2D eigenvalue weighted by Gasteiger charge is 2.10. The molecule has 1 aromatic carbocycles. The Morgan fingerprint density at radius 2 is 2.13 bits per heavy atom. The van der Waals surface area contributed by atoms with E-state index in [1.165, 1.54) is 0 Å². The van der Waals surface area contributed by atoms with Crippen LogP contribution in [-0.4, -0.2) is 15.0 Å². The van der Waals surface area contributed by atoms with Gasteiger partial charge in [-0.15, -0.1) is 5.10 Å². The van der Waals surface area contributed by atoms with Crippen LogP contribution in [-0.2, 0) is 6.54 Å². The molecule has 2 rings (SSSR count). The van der Waals surface area contributed by atoms with E-state index in [1.54, 1.807) is 4.68 Å². The molecule has 1 heterocycles. The fraction of sp³-hybridized carbons (Fsp3) is 0.200. The third-order valence-corrected chi connectivity index (χ3v) is 2.93. The smallest absolute Gasteiger partial charge is 0.0996 e. The zero-order valence-electron chi connectivity index (χ0n) is 8.31. The van der Waals surface area contributed by atoms with Gasteiger partial charge in [0, 0.05) is 11.0 Å². The van der Waals surface area contributed by atoms with Gasteiger partial charge in [0.25, 0.3) is 0 Å². The van der Waals surface area contributed by atoms with Gasteiger partial charge in [0.15, 0.2) is 0 Å². The van der Waals surface area contributed by atoms with Crippen LogP contribution in [0.25, 0.3) is 5.69 Å². The van der Waals surface area contributed by atoms with Gasteiger partial charge in [-0.25, -0.2) is 4.68 Å². The molecule has 0 aliphatic carbocycles. The van der Waals surface area contributed by atoms with Gasteiger partial charge >= 0.3 is 0 Å². The molecule has 0 atom stereocenters. The molecular weight excluding hydrogens is 256 g/mol. The minimum atomic E-state index is 0.413. The Kier molecular flexibility index (Phi) is 2.83. The van der Waals surface area contributed by atoms with Crippen LogP contribution >= 0.6 is 15.9 Å². The average molecular weight is 267 g/mol. The molecule has 0 fully saturated rings. The van der Waals surface area contributed by atoms with Crippen molar-refractivity contribution < 1.29 is 0 Å². The van der Waals surface area contributed by atoms with Gasteiger partial charge in [-0.05, 0) is 35.0 Å². The first-order valence-electron chi connectivity index (χ1n) is 4.60. The van der Waals surface area contributed by atoms with Crippen molar-refractivity contribution in [3.63, 3.8) is 0 Å². The summed E-state index contributed by atoms with van der Waals surface area (Å²) < 4.78 is 2.77. The minimum absolute atomic E-state index is 0.413. The summed E-state index contributed by atoms with van der Waals surface area (Å²) in [7, 11) is 0. The van der Waals surface area contributed by atoms with E-state index in [4.69, 9.17) is 5.73 Å². The Morgan fingerprint density at radius 1 is 1.40 bits per heavy atom. The van der Waals surface area contributed by atoms with Crippen molar-refractivity contribution in [1.82, 2.24) is 15.0 Å². The second kappa shape index (κ2) is 4.12. The molecule has 0 aliphatic rings. The highest BCUT2D eigenvalue weighted by atomic mass is 79.9. The number of aromatic nitrogens is 3. The lowest BCUT2D eigenvalue weighted by Crippen LogP contribution is -2.02. The number of hydrogen-bond donors (Lipinski definition) is 1. The van der Waals surface area contributed by atoms with Gasteiger partial charge in [0.1, 0.15) is 0 Å². The molecule has 2 N–H and O–H groups in total. The van der Waals surface area contributed by atoms with E-state index in [2.05, 4.69) is 26.2 Å². The van der Waals surface area contributed by atoms with E-state index in [0.29, 0.717) is 6.54 Å². The van der Waals surface area contributed by atoms with Crippen LogP contribution in [0.2, 0.25) is 0 Å². The first-order valence-corrected chi connectivity index (χ1v) is 5.39. The van der Waals surface area contributed by atoms with Crippen LogP contribution in [0.15, 0.2) is 28.7 Å². The SMILES string of the molecule is Cc1c(CN)nnn1-c1ccccc1Br. The van der Waals surface area contributed by atoms with E-state index < -0.39 is 0 Å². The predicted octanol–water partition coefficient (Wildman–Crippen LogP) is 1.80.